The molecule has 1 N–H and O–H groups in total. The largest absolute Gasteiger partial charge is 0.314 e. The first-order chi connectivity index (χ1) is 3.77. The molecule has 0 aliphatic heterocycles. The van der Waals surface area contributed by atoms with Crippen molar-refractivity contribution in [1.29, 1.82) is 0 Å². The van der Waals surface area contributed by atoms with E-state index in [1.54, 1.807) is 10.8 Å². The van der Waals surface area contributed by atoms with E-state index in [0.29, 0.717) is 6.04 Å². The van der Waals surface area contributed by atoms with E-state index in [2.05, 4.69) is 30.8 Å². The quantitative estimate of drug-likeness (QED) is 0.359. The third-order valence-corrected chi connectivity index (χ3v) is 1.68. The summed E-state index contributed by atoms with van der Waals surface area (Å²) < 4.78 is 0. The number of hydrogen-bond donors (Lipinski definition) is 2. The van der Waals surface area contributed by atoms with Gasteiger partial charge in [0.25, 0.3) is 0 Å². The maximum Gasteiger partial charge on any atom is 0.0160 e. The van der Waals surface area contributed by atoms with E-state index in [0.717, 1.165) is 12.3 Å². The number of hydrogen-bond acceptors (Lipinski definition) is 3. The van der Waals surface area contributed by atoms with Gasteiger partial charge in [0.05, 0.1) is 0 Å². The van der Waals surface area contributed by atoms with Gasteiger partial charge in [-0.2, -0.15) is 0 Å². The van der Waals surface area contributed by atoms with E-state index in [1.807, 2.05) is 0 Å². The molecule has 0 saturated heterocycles. The molecule has 0 aliphatic carbocycles. The normalized spacial score (nSPS) is 10.5. The summed E-state index contributed by atoms with van der Waals surface area (Å²) in [7, 11) is 1.58. The minimum atomic E-state index is 0.607. The Bertz CT molecular complexity index is 47.7. The van der Waals surface area contributed by atoms with Gasteiger partial charge in [0.1, 0.15) is 0 Å². The molecule has 1 nitrogen and oxygen atoms in total. The first-order valence-corrected chi connectivity index (χ1v) is 4.81. The lowest BCUT2D eigenvalue weighted by atomic mass is 10.4. The summed E-state index contributed by atoms with van der Waals surface area (Å²) in [4.78, 5) is 0. The minimum Gasteiger partial charge on any atom is -0.314 e. The molecule has 0 fully saturated rings. The highest BCUT2D eigenvalue weighted by molar-refractivity contribution is 8.68. The molecule has 0 atom stereocenters. The first kappa shape index (κ1) is 8.66. The highest BCUT2D eigenvalue weighted by atomic mass is 33.1. The average molecular weight is 151 g/mol. The summed E-state index contributed by atoms with van der Waals surface area (Å²) in [6.45, 7) is 5.35. The van der Waals surface area contributed by atoms with Crippen LogP contribution in [0.5, 0.6) is 0 Å². The second-order valence-electron chi connectivity index (χ2n) is 1.94. The van der Waals surface area contributed by atoms with Crippen LogP contribution >= 0.6 is 22.5 Å². The molecule has 0 spiro atoms. The third kappa shape index (κ3) is 6.66. The summed E-state index contributed by atoms with van der Waals surface area (Å²) in [5, 5.41) is 3.28. The van der Waals surface area contributed by atoms with Gasteiger partial charge in [-0.15, -0.1) is 11.7 Å². The Hall–Kier alpha value is 0.660. The number of rotatable bonds is 4. The van der Waals surface area contributed by atoms with Gasteiger partial charge in [-0.25, -0.2) is 0 Å². The number of thiol groups is 1. The van der Waals surface area contributed by atoms with Gasteiger partial charge in [-0.3, -0.25) is 0 Å². The molecule has 0 heterocycles. The van der Waals surface area contributed by atoms with Crippen molar-refractivity contribution in [3.63, 3.8) is 0 Å². The van der Waals surface area contributed by atoms with Gasteiger partial charge < -0.3 is 5.32 Å². The molecule has 3 heteroatoms. The van der Waals surface area contributed by atoms with Crippen LogP contribution < -0.4 is 5.32 Å². The molecule has 50 valence electrons. The Labute approximate surface area is 60.4 Å². The van der Waals surface area contributed by atoms with Gasteiger partial charge in [0.2, 0.25) is 0 Å². The summed E-state index contributed by atoms with van der Waals surface area (Å²) in [5.41, 5.74) is 0. The van der Waals surface area contributed by atoms with Crippen LogP contribution in [0.3, 0.4) is 0 Å². The molecule has 0 amide bonds. The van der Waals surface area contributed by atoms with Crippen molar-refractivity contribution in [2.45, 2.75) is 19.9 Å². The van der Waals surface area contributed by atoms with Crippen LogP contribution in [0.1, 0.15) is 13.8 Å². The van der Waals surface area contributed by atoms with Crippen LogP contribution in [0.25, 0.3) is 0 Å². The van der Waals surface area contributed by atoms with Crippen LogP contribution in [0, 0.1) is 0 Å². The lowest BCUT2D eigenvalue weighted by Gasteiger charge is -2.04. The van der Waals surface area contributed by atoms with E-state index < -0.39 is 0 Å². The van der Waals surface area contributed by atoms with Crippen LogP contribution in [-0.2, 0) is 0 Å². The molecule has 0 aliphatic rings. The lowest BCUT2D eigenvalue weighted by Crippen LogP contribution is -2.24. The predicted octanol–water partition coefficient (Wildman–Crippen LogP) is 1.56. The molecule has 0 aromatic carbocycles. The maximum absolute atomic E-state index is 4.00. The zero-order valence-corrected chi connectivity index (χ0v) is 7.06. The minimum absolute atomic E-state index is 0.607. The van der Waals surface area contributed by atoms with Crippen molar-refractivity contribution in [3.8, 4) is 0 Å². The summed E-state index contributed by atoms with van der Waals surface area (Å²) >= 11 is 4.00. The molecular weight excluding hydrogens is 138 g/mol. The highest BCUT2D eigenvalue weighted by Crippen LogP contribution is 2.01. The van der Waals surface area contributed by atoms with E-state index in [9.17, 15) is 0 Å². The first-order valence-electron chi connectivity index (χ1n) is 2.77. The van der Waals surface area contributed by atoms with Gasteiger partial charge >= 0.3 is 0 Å². The third-order valence-electron chi connectivity index (χ3n) is 0.746. The van der Waals surface area contributed by atoms with Crippen molar-refractivity contribution in [3.05, 3.63) is 0 Å². The fourth-order valence-electron chi connectivity index (χ4n) is 0.393. The molecule has 0 aromatic heterocycles. The molecule has 0 bridgehead atoms. The van der Waals surface area contributed by atoms with Gasteiger partial charge in [0, 0.05) is 18.3 Å². The van der Waals surface area contributed by atoms with Crippen LogP contribution in [0.4, 0.5) is 0 Å². The number of nitrogens with one attached hydrogen (secondary N) is 1. The molecule has 0 saturated carbocycles. The molecule has 0 unspecified atom stereocenters. The molecule has 0 radical (unpaired) electrons. The smallest absolute Gasteiger partial charge is 0.0160 e. The Balaban J connectivity index is 2.72. The van der Waals surface area contributed by atoms with Gasteiger partial charge in [-0.05, 0) is 0 Å². The fourth-order valence-corrected chi connectivity index (χ4v) is 0.876. The second-order valence-corrected chi connectivity index (χ2v) is 3.38. The monoisotopic (exact) mass is 151 g/mol. The summed E-state index contributed by atoms with van der Waals surface area (Å²) in [6.07, 6.45) is 0. The summed E-state index contributed by atoms with van der Waals surface area (Å²) in [6, 6.07) is 0.607. The zero-order chi connectivity index (χ0) is 6.41. The molecule has 8 heavy (non-hydrogen) atoms. The molecule has 0 aromatic rings. The Morgan fingerprint density at radius 2 is 2.25 bits per heavy atom. The Morgan fingerprint density at radius 3 is 2.62 bits per heavy atom. The van der Waals surface area contributed by atoms with Crippen molar-refractivity contribution in [2.24, 2.45) is 0 Å². The topological polar surface area (TPSA) is 12.0 Å². The van der Waals surface area contributed by atoms with E-state index in [1.165, 1.54) is 0 Å². The highest BCUT2D eigenvalue weighted by Gasteiger charge is 1.88. The zero-order valence-electron chi connectivity index (χ0n) is 5.35. The Kier molecular flexibility index (Phi) is 6.27. The van der Waals surface area contributed by atoms with Crippen molar-refractivity contribution >= 4 is 22.5 Å². The Morgan fingerprint density at radius 1 is 1.62 bits per heavy atom. The fraction of sp³-hybridized carbons (Fsp3) is 1.00. The van der Waals surface area contributed by atoms with Crippen LogP contribution in [-0.4, -0.2) is 18.3 Å². The van der Waals surface area contributed by atoms with Crippen molar-refractivity contribution in [1.82, 2.24) is 5.32 Å². The van der Waals surface area contributed by atoms with E-state index >= 15 is 0 Å². The van der Waals surface area contributed by atoms with Crippen LogP contribution in [0.2, 0.25) is 0 Å². The SMILES string of the molecule is CC(C)NCCSS. The lowest BCUT2D eigenvalue weighted by molar-refractivity contribution is 0.616. The predicted molar refractivity (Wildman–Crippen MR) is 44.6 cm³/mol. The summed E-state index contributed by atoms with van der Waals surface area (Å²) in [5.74, 6) is 1.08. The van der Waals surface area contributed by atoms with Crippen LogP contribution in [0.15, 0.2) is 0 Å². The van der Waals surface area contributed by atoms with Crippen molar-refractivity contribution in [2.75, 3.05) is 12.3 Å². The standard InChI is InChI=1S/C5H13NS2/c1-5(2)6-3-4-8-7/h5-7H,3-4H2,1-2H3. The van der Waals surface area contributed by atoms with Gasteiger partial charge in [0.15, 0.2) is 0 Å². The van der Waals surface area contributed by atoms with E-state index in [-0.39, 0.29) is 0 Å². The van der Waals surface area contributed by atoms with E-state index in [4.69, 9.17) is 0 Å². The molecule has 0 rings (SSSR count). The van der Waals surface area contributed by atoms with Crippen molar-refractivity contribution < 1.29 is 0 Å². The average Bonchev–Trinajstić information content (AvgIpc) is 1.66. The molecular formula is C5H13NS2. The van der Waals surface area contributed by atoms with Gasteiger partial charge in [-0.1, -0.05) is 24.6 Å². The maximum atomic E-state index is 4.00. The second kappa shape index (κ2) is 5.79.